The van der Waals surface area contributed by atoms with Crippen LogP contribution in [0.15, 0.2) is 48.5 Å². The van der Waals surface area contributed by atoms with Gasteiger partial charge in [-0.05, 0) is 54.6 Å². The molecule has 0 spiro atoms. The number of halogens is 1. The lowest BCUT2D eigenvalue weighted by Crippen LogP contribution is -2.13. The van der Waals surface area contributed by atoms with E-state index in [0.717, 1.165) is 29.2 Å². The van der Waals surface area contributed by atoms with Gasteiger partial charge < -0.3 is 10.5 Å². The fourth-order valence-electron chi connectivity index (χ4n) is 2.42. The summed E-state index contributed by atoms with van der Waals surface area (Å²) in [5.41, 5.74) is 8.33. The van der Waals surface area contributed by atoms with E-state index in [4.69, 9.17) is 22.1 Å². The van der Waals surface area contributed by atoms with E-state index in [-0.39, 0.29) is 0 Å². The Labute approximate surface area is 125 Å². The maximum atomic E-state index is 6.06. The zero-order valence-corrected chi connectivity index (χ0v) is 12.4. The van der Waals surface area contributed by atoms with Crippen LogP contribution in [0.25, 0.3) is 0 Å². The largest absolute Gasteiger partial charge is 0.496 e. The molecule has 0 amide bonds. The Morgan fingerprint density at radius 2 is 1.90 bits per heavy atom. The monoisotopic (exact) mass is 289 g/mol. The summed E-state index contributed by atoms with van der Waals surface area (Å²) in [6.07, 6.45) is 1.89. The molecule has 1 unspecified atom stereocenters. The van der Waals surface area contributed by atoms with Crippen molar-refractivity contribution in [2.75, 3.05) is 13.7 Å². The van der Waals surface area contributed by atoms with Crippen LogP contribution in [0.2, 0.25) is 5.02 Å². The van der Waals surface area contributed by atoms with Crippen LogP contribution in [0, 0.1) is 0 Å². The lowest BCUT2D eigenvalue weighted by Gasteiger charge is -2.16. The summed E-state index contributed by atoms with van der Waals surface area (Å²) < 4.78 is 5.38. The van der Waals surface area contributed by atoms with Gasteiger partial charge in [0.1, 0.15) is 5.75 Å². The van der Waals surface area contributed by atoms with E-state index in [1.54, 1.807) is 7.11 Å². The molecule has 0 saturated carbocycles. The van der Waals surface area contributed by atoms with E-state index in [1.165, 1.54) is 5.56 Å². The lowest BCUT2D eigenvalue weighted by molar-refractivity contribution is 0.408. The standard InChI is InChI=1S/C17H20ClNO/c1-20-17-10-9-16(18)11-14(17)7-8-15(12-19)13-5-3-2-4-6-13/h2-6,9-11,15H,7-8,12,19H2,1H3. The van der Waals surface area contributed by atoms with Crippen molar-refractivity contribution >= 4 is 11.6 Å². The second-order valence-corrected chi connectivity index (χ2v) is 5.27. The van der Waals surface area contributed by atoms with Gasteiger partial charge in [-0.1, -0.05) is 41.9 Å². The molecule has 0 bridgehead atoms. The van der Waals surface area contributed by atoms with Crippen LogP contribution >= 0.6 is 11.6 Å². The first-order valence-corrected chi connectivity index (χ1v) is 7.20. The highest BCUT2D eigenvalue weighted by Crippen LogP contribution is 2.27. The predicted molar refractivity (Wildman–Crippen MR) is 84.6 cm³/mol. The topological polar surface area (TPSA) is 35.2 Å². The first-order chi connectivity index (χ1) is 9.74. The van der Waals surface area contributed by atoms with Gasteiger partial charge in [-0.15, -0.1) is 0 Å². The van der Waals surface area contributed by atoms with Crippen molar-refractivity contribution in [2.24, 2.45) is 5.73 Å². The molecule has 2 N–H and O–H groups in total. The number of methoxy groups -OCH3 is 1. The summed E-state index contributed by atoms with van der Waals surface area (Å²) in [6, 6.07) is 16.1. The minimum Gasteiger partial charge on any atom is -0.496 e. The van der Waals surface area contributed by atoms with E-state index in [0.29, 0.717) is 12.5 Å². The highest BCUT2D eigenvalue weighted by molar-refractivity contribution is 6.30. The molecule has 2 aromatic rings. The Hall–Kier alpha value is -1.51. The van der Waals surface area contributed by atoms with Crippen LogP contribution < -0.4 is 10.5 Å². The zero-order valence-electron chi connectivity index (χ0n) is 11.7. The average Bonchev–Trinajstić information content (AvgIpc) is 2.49. The Balaban J connectivity index is 2.09. The first kappa shape index (κ1) is 14.9. The molecule has 0 fully saturated rings. The molecular formula is C17H20ClNO. The minimum absolute atomic E-state index is 0.361. The third-order valence-corrected chi connectivity index (χ3v) is 3.80. The second-order valence-electron chi connectivity index (χ2n) is 4.84. The number of benzene rings is 2. The van der Waals surface area contributed by atoms with Crippen LogP contribution in [-0.2, 0) is 6.42 Å². The van der Waals surface area contributed by atoms with Crippen LogP contribution in [-0.4, -0.2) is 13.7 Å². The molecule has 0 saturated heterocycles. The number of aryl methyl sites for hydroxylation is 1. The van der Waals surface area contributed by atoms with Gasteiger partial charge in [-0.3, -0.25) is 0 Å². The van der Waals surface area contributed by atoms with Crippen molar-refractivity contribution in [1.82, 2.24) is 0 Å². The third-order valence-electron chi connectivity index (χ3n) is 3.56. The van der Waals surface area contributed by atoms with Crippen LogP contribution in [0.5, 0.6) is 5.75 Å². The van der Waals surface area contributed by atoms with E-state index in [2.05, 4.69) is 24.3 Å². The van der Waals surface area contributed by atoms with E-state index in [9.17, 15) is 0 Å². The molecule has 2 aromatic carbocycles. The molecular weight excluding hydrogens is 270 g/mol. The van der Waals surface area contributed by atoms with Gasteiger partial charge in [-0.25, -0.2) is 0 Å². The van der Waals surface area contributed by atoms with Gasteiger partial charge in [0.15, 0.2) is 0 Å². The van der Waals surface area contributed by atoms with Crippen LogP contribution in [0.3, 0.4) is 0 Å². The number of nitrogens with two attached hydrogens (primary N) is 1. The summed E-state index contributed by atoms with van der Waals surface area (Å²) in [6.45, 7) is 0.646. The number of hydrogen-bond acceptors (Lipinski definition) is 2. The van der Waals surface area contributed by atoms with Crippen molar-refractivity contribution < 1.29 is 4.74 Å². The second kappa shape index (κ2) is 7.32. The molecule has 0 radical (unpaired) electrons. The number of ether oxygens (including phenoxy) is 1. The van der Waals surface area contributed by atoms with E-state index in [1.807, 2.05) is 24.3 Å². The van der Waals surface area contributed by atoms with Gasteiger partial charge in [0.05, 0.1) is 7.11 Å². The highest BCUT2D eigenvalue weighted by Gasteiger charge is 2.11. The van der Waals surface area contributed by atoms with Crippen molar-refractivity contribution in [3.63, 3.8) is 0 Å². The van der Waals surface area contributed by atoms with Crippen molar-refractivity contribution in [3.05, 3.63) is 64.7 Å². The van der Waals surface area contributed by atoms with Gasteiger partial charge in [0.2, 0.25) is 0 Å². The molecule has 0 aliphatic rings. The molecule has 1 atom stereocenters. The fraction of sp³-hybridized carbons (Fsp3) is 0.294. The quantitative estimate of drug-likeness (QED) is 0.871. The SMILES string of the molecule is COc1ccc(Cl)cc1CCC(CN)c1ccccc1. The van der Waals surface area contributed by atoms with Crippen molar-refractivity contribution in [2.45, 2.75) is 18.8 Å². The lowest BCUT2D eigenvalue weighted by atomic mass is 9.92. The Kier molecular flexibility index (Phi) is 5.45. The Morgan fingerprint density at radius 1 is 1.15 bits per heavy atom. The Morgan fingerprint density at radius 3 is 2.55 bits per heavy atom. The third kappa shape index (κ3) is 3.75. The molecule has 0 aliphatic heterocycles. The summed E-state index contributed by atoms with van der Waals surface area (Å²) in [4.78, 5) is 0. The molecule has 0 heterocycles. The molecule has 2 rings (SSSR count). The number of hydrogen-bond donors (Lipinski definition) is 1. The summed E-state index contributed by atoms with van der Waals surface area (Å²) in [7, 11) is 1.68. The van der Waals surface area contributed by atoms with Crippen molar-refractivity contribution in [1.29, 1.82) is 0 Å². The Bertz CT molecular complexity index is 542. The number of rotatable bonds is 6. The predicted octanol–water partition coefficient (Wildman–Crippen LogP) is 4.02. The molecule has 0 aliphatic carbocycles. The summed E-state index contributed by atoms with van der Waals surface area (Å²) in [5, 5.41) is 0.741. The zero-order chi connectivity index (χ0) is 14.4. The van der Waals surface area contributed by atoms with Gasteiger partial charge >= 0.3 is 0 Å². The molecule has 2 nitrogen and oxygen atoms in total. The average molecular weight is 290 g/mol. The smallest absolute Gasteiger partial charge is 0.122 e. The highest BCUT2D eigenvalue weighted by atomic mass is 35.5. The maximum Gasteiger partial charge on any atom is 0.122 e. The van der Waals surface area contributed by atoms with Gasteiger partial charge in [0, 0.05) is 5.02 Å². The maximum absolute atomic E-state index is 6.06. The molecule has 0 aromatic heterocycles. The van der Waals surface area contributed by atoms with Gasteiger partial charge in [-0.2, -0.15) is 0 Å². The molecule has 20 heavy (non-hydrogen) atoms. The van der Waals surface area contributed by atoms with Crippen LogP contribution in [0.1, 0.15) is 23.5 Å². The van der Waals surface area contributed by atoms with E-state index >= 15 is 0 Å². The fourth-order valence-corrected chi connectivity index (χ4v) is 2.61. The molecule has 3 heteroatoms. The van der Waals surface area contributed by atoms with Crippen molar-refractivity contribution in [3.8, 4) is 5.75 Å². The molecule has 106 valence electrons. The van der Waals surface area contributed by atoms with Crippen LogP contribution in [0.4, 0.5) is 0 Å². The van der Waals surface area contributed by atoms with E-state index < -0.39 is 0 Å². The minimum atomic E-state index is 0.361. The normalized spacial score (nSPS) is 12.2. The summed E-state index contributed by atoms with van der Waals surface area (Å²) >= 11 is 6.06. The first-order valence-electron chi connectivity index (χ1n) is 6.82. The van der Waals surface area contributed by atoms with Gasteiger partial charge in [0.25, 0.3) is 0 Å². The summed E-state index contributed by atoms with van der Waals surface area (Å²) in [5.74, 6) is 1.25.